The number of benzene rings is 4. The number of para-hydroxylation sites is 1. The van der Waals surface area contributed by atoms with Gasteiger partial charge in [0.2, 0.25) is 0 Å². The zero-order chi connectivity index (χ0) is 23.4. The van der Waals surface area contributed by atoms with Gasteiger partial charge < -0.3 is 4.42 Å². The standard InChI is InChI=1S/C31H19BrN2O/c32-23-7-5-6-20(16-23)26-17-22-13-15-35-30(22)19-27(26)21-11-12-25-24-8-1-2-9-28(24)34(29(25)18-21)31-10-3-4-14-33-31/h1-19H. The third-order valence-electron chi connectivity index (χ3n) is 6.59. The molecule has 3 aromatic heterocycles. The van der Waals surface area contributed by atoms with Crippen molar-refractivity contribution in [2.75, 3.05) is 0 Å². The highest BCUT2D eigenvalue weighted by Gasteiger charge is 2.16. The van der Waals surface area contributed by atoms with E-state index in [1.807, 2.05) is 24.4 Å². The lowest BCUT2D eigenvalue weighted by Gasteiger charge is -2.13. The molecule has 0 aliphatic carbocycles. The minimum absolute atomic E-state index is 0.879. The summed E-state index contributed by atoms with van der Waals surface area (Å²) in [5, 5.41) is 3.51. The van der Waals surface area contributed by atoms with Crippen molar-refractivity contribution in [1.82, 2.24) is 9.55 Å². The largest absolute Gasteiger partial charge is 0.464 e. The minimum Gasteiger partial charge on any atom is -0.464 e. The summed E-state index contributed by atoms with van der Waals surface area (Å²) in [6, 6.07) is 36.1. The normalized spacial score (nSPS) is 11.6. The van der Waals surface area contributed by atoms with Crippen molar-refractivity contribution < 1.29 is 4.42 Å². The number of rotatable bonds is 3. The molecule has 7 rings (SSSR count). The van der Waals surface area contributed by atoms with Crippen molar-refractivity contribution in [1.29, 1.82) is 0 Å². The summed E-state index contributed by atoms with van der Waals surface area (Å²) in [7, 11) is 0. The van der Waals surface area contributed by atoms with Crippen LogP contribution in [0.2, 0.25) is 0 Å². The van der Waals surface area contributed by atoms with E-state index in [0.717, 1.165) is 49.0 Å². The Morgan fingerprint density at radius 3 is 2.37 bits per heavy atom. The van der Waals surface area contributed by atoms with E-state index in [1.165, 1.54) is 16.3 Å². The van der Waals surface area contributed by atoms with Gasteiger partial charge in [0.1, 0.15) is 11.4 Å². The van der Waals surface area contributed by atoms with Crippen molar-refractivity contribution in [3.05, 3.63) is 120 Å². The van der Waals surface area contributed by atoms with Gasteiger partial charge in [0.25, 0.3) is 0 Å². The molecule has 0 fully saturated rings. The first kappa shape index (κ1) is 20.2. The monoisotopic (exact) mass is 514 g/mol. The lowest BCUT2D eigenvalue weighted by molar-refractivity contribution is 0.616. The van der Waals surface area contributed by atoms with Gasteiger partial charge in [0.05, 0.1) is 17.3 Å². The Morgan fingerprint density at radius 2 is 1.49 bits per heavy atom. The average Bonchev–Trinajstić information content (AvgIpc) is 3.50. The van der Waals surface area contributed by atoms with Crippen LogP contribution in [0.3, 0.4) is 0 Å². The van der Waals surface area contributed by atoms with Crippen LogP contribution < -0.4 is 0 Å². The minimum atomic E-state index is 0.879. The smallest absolute Gasteiger partial charge is 0.137 e. The fraction of sp³-hybridized carbons (Fsp3) is 0. The maximum atomic E-state index is 5.80. The molecule has 35 heavy (non-hydrogen) atoms. The number of hydrogen-bond acceptors (Lipinski definition) is 2. The third kappa shape index (κ3) is 3.29. The van der Waals surface area contributed by atoms with Crippen LogP contribution in [0.25, 0.3) is 60.8 Å². The highest BCUT2D eigenvalue weighted by Crippen LogP contribution is 2.40. The van der Waals surface area contributed by atoms with Crippen molar-refractivity contribution >= 4 is 48.7 Å². The fourth-order valence-electron chi connectivity index (χ4n) is 5.01. The molecule has 0 aliphatic heterocycles. The van der Waals surface area contributed by atoms with Crippen molar-refractivity contribution in [3.63, 3.8) is 0 Å². The molecule has 0 N–H and O–H groups in total. The summed E-state index contributed by atoms with van der Waals surface area (Å²) in [6.07, 6.45) is 3.59. The Balaban J connectivity index is 1.55. The first-order valence-electron chi connectivity index (χ1n) is 11.5. The van der Waals surface area contributed by atoms with E-state index in [0.29, 0.717) is 0 Å². The van der Waals surface area contributed by atoms with E-state index in [2.05, 4.69) is 110 Å². The van der Waals surface area contributed by atoms with Crippen molar-refractivity contribution in [3.8, 4) is 28.1 Å². The van der Waals surface area contributed by atoms with Gasteiger partial charge in [-0.2, -0.15) is 0 Å². The van der Waals surface area contributed by atoms with E-state index in [-0.39, 0.29) is 0 Å². The molecule has 0 saturated heterocycles. The lowest BCUT2D eigenvalue weighted by atomic mass is 9.93. The number of hydrogen-bond donors (Lipinski definition) is 0. The molecule has 3 nitrogen and oxygen atoms in total. The molecule has 0 bridgehead atoms. The van der Waals surface area contributed by atoms with Crippen LogP contribution in [0.5, 0.6) is 0 Å². The number of nitrogens with zero attached hydrogens (tertiary/aromatic N) is 2. The molecule has 0 amide bonds. The van der Waals surface area contributed by atoms with E-state index in [4.69, 9.17) is 4.42 Å². The van der Waals surface area contributed by atoms with Gasteiger partial charge in [0, 0.05) is 26.8 Å². The summed E-state index contributed by atoms with van der Waals surface area (Å²) in [4.78, 5) is 4.68. The summed E-state index contributed by atoms with van der Waals surface area (Å²) in [5.41, 5.74) is 7.73. The van der Waals surface area contributed by atoms with Gasteiger partial charge in [-0.25, -0.2) is 4.98 Å². The van der Waals surface area contributed by atoms with E-state index < -0.39 is 0 Å². The van der Waals surface area contributed by atoms with Crippen molar-refractivity contribution in [2.45, 2.75) is 0 Å². The van der Waals surface area contributed by atoms with E-state index >= 15 is 0 Å². The number of aromatic nitrogens is 2. The molecule has 0 radical (unpaired) electrons. The SMILES string of the molecule is Brc1cccc(-c2cc3ccoc3cc2-c2ccc3c4ccccc4n(-c4ccccn4)c3c2)c1. The Labute approximate surface area is 210 Å². The van der Waals surface area contributed by atoms with Crippen LogP contribution in [0.15, 0.2) is 124 Å². The Morgan fingerprint density at radius 1 is 0.657 bits per heavy atom. The van der Waals surface area contributed by atoms with Gasteiger partial charge in [-0.15, -0.1) is 0 Å². The fourth-order valence-corrected chi connectivity index (χ4v) is 5.41. The van der Waals surface area contributed by atoms with Crippen LogP contribution >= 0.6 is 15.9 Å². The second-order valence-electron chi connectivity index (χ2n) is 8.64. The molecule has 0 atom stereocenters. The third-order valence-corrected chi connectivity index (χ3v) is 7.08. The molecule has 0 spiro atoms. The molecule has 0 saturated carbocycles. The number of pyridine rings is 1. The Hall–Kier alpha value is -4.15. The molecular weight excluding hydrogens is 496 g/mol. The molecule has 4 aromatic carbocycles. The van der Waals surface area contributed by atoms with Crippen LogP contribution in [0.1, 0.15) is 0 Å². The summed E-state index contributed by atoms with van der Waals surface area (Å²) < 4.78 is 9.10. The lowest BCUT2D eigenvalue weighted by Crippen LogP contribution is -1.96. The van der Waals surface area contributed by atoms with Gasteiger partial charge in [-0.1, -0.05) is 64.5 Å². The molecule has 0 unspecified atom stereocenters. The van der Waals surface area contributed by atoms with Crippen LogP contribution in [-0.2, 0) is 0 Å². The summed E-state index contributed by atoms with van der Waals surface area (Å²) in [6.45, 7) is 0. The quantitative estimate of drug-likeness (QED) is 0.235. The Bertz CT molecular complexity index is 1860. The summed E-state index contributed by atoms with van der Waals surface area (Å²) >= 11 is 3.64. The van der Waals surface area contributed by atoms with Gasteiger partial charge in [0.15, 0.2) is 0 Å². The highest BCUT2D eigenvalue weighted by atomic mass is 79.9. The molecule has 3 heterocycles. The predicted octanol–water partition coefficient (Wildman–Crippen LogP) is 9.02. The van der Waals surface area contributed by atoms with Crippen LogP contribution in [0, 0.1) is 0 Å². The Kier molecular flexibility index (Phi) is 4.61. The molecule has 166 valence electrons. The maximum Gasteiger partial charge on any atom is 0.137 e. The molecule has 0 aliphatic rings. The van der Waals surface area contributed by atoms with Gasteiger partial charge >= 0.3 is 0 Å². The first-order chi connectivity index (χ1) is 17.3. The second kappa shape index (κ2) is 7.97. The zero-order valence-electron chi connectivity index (χ0n) is 18.7. The first-order valence-corrected chi connectivity index (χ1v) is 12.3. The van der Waals surface area contributed by atoms with Crippen LogP contribution in [0.4, 0.5) is 0 Å². The van der Waals surface area contributed by atoms with Crippen LogP contribution in [-0.4, -0.2) is 9.55 Å². The second-order valence-corrected chi connectivity index (χ2v) is 9.55. The molecule has 4 heteroatoms. The summed E-state index contributed by atoms with van der Waals surface area (Å²) in [5.74, 6) is 0.907. The van der Waals surface area contributed by atoms with Gasteiger partial charge in [-0.05, 0) is 76.9 Å². The number of halogens is 1. The molecular formula is C31H19BrN2O. The molecule has 7 aromatic rings. The average molecular weight is 515 g/mol. The maximum absolute atomic E-state index is 5.80. The number of fused-ring (bicyclic) bond motifs is 4. The zero-order valence-corrected chi connectivity index (χ0v) is 20.2. The van der Waals surface area contributed by atoms with E-state index in [9.17, 15) is 0 Å². The van der Waals surface area contributed by atoms with E-state index in [1.54, 1.807) is 6.26 Å². The topological polar surface area (TPSA) is 31.0 Å². The van der Waals surface area contributed by atoms with Crippen molar-refractivity contribution in [2.24, 2.45) is 0 Å². The predicted molar refractivity (Wildman–Crippen MR) is 147 cm³/mol. The number of furan rings is 1. The highest BCUT2D eigenvalue weighted by molar-refractivity contribution is 9.10. The van der Waals surface area contributed by atoms with Gasteiger partial charge in [-0.3, -0.25) is 4.57 Å².